The standard InChI is InChI=1S/C13H16N4O5S/c1-16(2)11(18)7-17(3)23(21,22)8-4-5-9-10(6-8)15-13(20)12(19)14-9/h4-6H,7H2,1-3H3,(H,14,19)(H,15,20). The second-order valence-electron chi connectivity index (χ2n) is 5.16. The first-order valence-electron chi connectivity index (χ1n) is 6.56. The van der Waals surface area contributed by atoms with Crippen LogP contribution in [0.1, 0.15) is 0 Å². The van der Waals surface area contributed by atoms with Crippen molar-refractivity contribution in [2.75, 3.05) is 27.7 Å². The quantitative estimate of drug-likeness (QED) is 0.686. The van der Waals surface area contributed by atoms with Crippen LogP contribution < -0.4 is 11.1 Å². The Kier molecular flexibility index (Phi) is 4.39. The molecule has 2 N–H and O–H groups in total. The molecule has 0 aliphatic carbocycles. The summed E-state index contributed by atoms with van der Waals surface area (Å²) in [6.07, 6.45) is 0. The van der Waals surface area contributed by atoms with Gasteiger partial charge in [-0.25, -0.2) is 8.42 Å². The predicted molar refractivity (Wildman–Crippen MR) is 83.7 cm³/mol. The lowest BCUT2D eigenvalue weighted by Crippen LogP contribution is -2.37. The zero-order chi connectivity index (χ0) is 17.4. The maximum Gasteiger partial charge on any atom is 0.314 e. The normalized spacial score (nSPS) is 11.8. The molecule has 0 spiro atoms. The van der Waals surface area contributed by atoms with E-state index in [1.165, 1.54) is 44.2 Å². The van der Waals surface area contributed by atoms with Crippen molar-refractivity contribution in [3.05, 3.63) is 38.9 Å². The third kappa shape index (κ3) is 3.32. The Morgan fingerprint density at radius 2 is 1.61 bits per heavy atom. The van der Waals surface area contributed by atoms with Crippen LogP contribution in [0, 0.1) is 0 Å². The van der Waals surface area contributed by atoms with Crippen LogP contribution >= 0.6 is 0 Å². The first kappa shape index (κ1) is 16.9. The van der Waals surface area contributed by atoms with Gasteiger partial charge in [0.2, 0.25) is 15.9 Å². The van der Waals surface area contributed by atoms with E-state index >= 15 is 0 Å². The second-order valence-corrected chi connectivity index (χ2v) is 7.21. The molecule has 0 saturated heterocycles. The topological polar surface area (TPSA) is 123 Å². The monoisotopic (exact) mass is 340 g/mol. The van der Waals surface area contributed by atoms with Crippen LogP contribution in [0.3, 0.4) is 0 Å². The van der Waals surface area contributed by atoms with Crippen LogP contribution in [0.25, 0.3) is 11.0 Å². The largest absolute Gasteiger partial charge is 0.348 e. The van der Waals surface area contributed by atoms with Gasteiger partial charge >= 0.3 is 11.1 Å². The van der Waals surface area contributed by atoms with Gasteiger partial charge in [0.25, 0.3) is 0 Å². The number of carbonyl (C=O) groups excluding carboxylic acids is 1. The van der Waals surface area contributed by atoms with Crippen LogP contribution in [0.2, 0.25) is 0 Å². The van der Waals surface area contributed by atoms with Gasteiger partial charge in [0.05, 0.1) is 22.5 Å². The maximum absolute atomic E-state index is 12.5. The van der Waals surface area contributed by atoms with E-state index in [4.69, 9.17) is 0 Å². The smallest absolute Gasteiger partial charge is 0.314 e. The molecular weight excluding hydrogens is 324 g/mol. The number of carbonyl (C=O) groups is 1. The highest BCUT2D eigenvalue weighted by molar-refractivity contribution is 7.89. The van der Waals surface area contributed by atoms with Crippen LogP contribution in [-0.4, -0.2) is 61.2 Å². The number of aromatic amines is 2. The molecule has 23 heavy (non-hydrogen) atoms. The van der Waals surface area contributed by atoms with Crippen molar-refractivity contribution in [2.45, 2.75) is 4.90 Å². The summed E-state index contributed by atoms with van der Waals surface area (Å²) in [5, 5.41) is 0. The molecule has 0 fully saturated rings. The number of aromatic nitrogens is 2. The minimum Gasteiger partial charge on any atom is -0.348 e. The summed E-state index contributed by atoms with van der Waals surface area (Å²) < 4.78 is 25.9. The number of amides is 1. The van der Waals surface area contributed by atoms with E-state index in [2.05, 4.69) is 9.97 Å². The summed E-state index contributed by atoms with van der Waals surface area (Å²) >= 11 is 0. The number of fused-ring (bicyclic) bond motifs is 1. The van der Waals surface area contributed by atoms with Crippen molar-refractivity contribution in [1.29, 1.82) is 0 Å². The van der Waals surface area contributed by atoms with Gasteiger partial charge in [-0.3, -0.25) is 14.4 Å². The maximum atomic E-state index is 12.5. The Morgan fingerprint density at radius 3 is 2.17 bits per heavy atom. The lowest BCUT2D eigenvalue weighted by Gasteiger charge is -2.19. The molecule has 0 aliphatic rings. The number of hydrogen-bond acceptors (Lipinski definition) is 5. The number of nitrogens with one attached hydrogen (secondary N) is 2. The van der Waals surface area contributed by atoms with Crippen molar-refractivity contribution >= 4 is 27.0 Å². The summed E-state index contributed by atoms with van der Waals surface area (Å²) in [5.74, 6) is -0.366. The van der Waals surface area contributed by atoms with E-state index in [-0.39, 0.29) is 22.9 Å². The van der Waals surface area contributed by atoms with Gasteiger partial charge in [0.1, 0.15) is 0 Å². The van der Waals surface area contributed by atoms with Gasteiger partial charge in [-0.1, -0.05) is 0 Å². The van der Waals surface area contributed by atoms with Gasteiger partial charge in [-0.2, -0.15) is 4.31 Å². The highest BCUT2D eigenvalue weighted by atomic mass is 32.2. The van der Waals surface area contributed by atoms with Crippen LogP contribution in [-0.2, 0) is 14.8 Å². The Balaban J connectivity index is 2.45. The van der Waals surface area contributed by atoms with Crippen molar-refractivity contribution in [2.24, 2.45) is 0 Å². The molecule has 0 aliphatic heterocycles. The van der Waals surface area contributed by atoms with Gasteiger partial charge in [-0.15, -0.1) is 0 Å². The van der Waals surface area contributed by atoms with E-state index in [1.54, 1.807) is 0 Å². The number of H-pyrrole nitrogens is 2. The number of sulfonamides is 1. The molecule has 1 aromatic carbocycles. The molecular formula is C13H16N4O5S. The van der Waals surface area contributed by atoms with Gasteiger partial charge in [-0.05, 0) is 18.2 Å². The molecule has 0 radical (unpaired) electrons. The fourth-order valence-electron chi connectivity index (χ4n) is 1.85. The molecule has 1 amide bonds. The minimum absolute atomic E-state index is 0.0956. The number of nitrogens with zero attached hydrogens (tertiary/aromatic N) is 2. The van der Waals surface area contributed by atoms with E-state index < -0.39 is 21.1 Å². The average Bonchev–Trinajstić information content (AvgIpc) is 2.47. The predicted octanol–water partition coefficient (Wildman–Crippen LogP) is -1.07. The van der Waals surface area contributed by atoms with Gasteiger partial charge < -0.3 is 14.9 Å². The minimum atomic E-state index is -3.91. The summed E-state index contributed by atoms with van der Waals surface area (Å²) in [6, 6.07) is 3.91. The SMILES string of the molecule is CN(C)C(=O)CN(C)S(=O)(=O)c1ccc2[nH]c(=O)c(=O)[nH]c2c1. The Bertz CT molecular complexity index is 974. The molecule has 2 aromatic rings. The fraction of sp³-hybridized carbons (Fsp3) is 0.308. The average molecular weight is 340 g/mol. The van der Waals surface area contributed by atoms with Gasteiger partial charge in [0.15, 0.2) is 0 Å². The molecule has 0 saturated carbocycles. The highest BCUT2D eigenvalue weighted by Crippen LogP contribution is 2.17. The molecule has 0 unspecified atom stereocenters. The summed E-state index contributed by atoms with van der Waals surface area (Å²) in [6.45, 7) is -0.310. The molecule has 0 atom stereocenters. The molecule has 0 bridgehead atoms. The fourth-order valence-corrected chi connectivity index (χ4v) is 3.00. The van der Waals surface area contributed by atoms with E-state index in [0.717, 1.165) is 4.31 Å². The van der Waals surface area contributed by atoms with Crippen molar-refractivity contribution in [3.63, 3.8) is 0 Å². The highest BCUT2D eigenvalue weighted by Gasteiger charge is 2.24. The first-order chi connectivity index (χ1) is 10.6. The van der Waals surface area contributed by atoms with Crippen molar-refractivity contribution < 1.29 is 13.2 Å². The Labute approximate surface area is 131 Å². The van der Waals surface area contributed by atoms with Crippen LogP contribution in [0.4, 0.5) is 0 Å². The lowest BCUT2D eigenvalue weighted by molar-refractivity contribution is -0.128. The van der Waals surface area contributed by atoms with E-state index in [0.29, 0.717) is 5.52 Å². The zero-order valence-electron chi connectivity index (χ0n) is 12.8. The zero-order valence-corrected chi connectivity index (χ0v) is 13.6. The number of hydrogen-bond donors (Lipinski definition) is 2. The molecule has 10 heteroatoms. The Morgan fingerprint density at radius 1 is 1.04 bits per heavy atom. The van der Waals surface area contributed by atoms with Crippen molar-refractivity contribution in [1.82, 2.24) is 19.2 Å². The molecule has 1 heterocycles. The third-order valence-corrected chi connectivity index (χ3v) is 5.06. The molecule has 9 nitrogen and oxygen atoms in total. The Hall–Kier alpha value is -2.46. The molecule has 124 valence electrons. The summed E-state index contributed by atoms with van der Waals surface area (Å²) in [7, 11) is 0.433. The second kappa shape index (κ2) is 5.97. The number of rotatable bonds is 4. The number of likely N-dealkylation sites (N-methyl/N-ethyl adjacent to an activating group) is 2. The summed E-state index contributed by atoms with van der Waals surface area (Å²) in [4.78, 5) is 40.1. The first-order valence-corrected chi connectivity index (χ1v) is 8.00. The van der Waals surface area contributed by atoms with Crippen molar-refractivity contribution in [3.8, 4) is 0 Å². The van der Waals surface area contributed by atoms with Crippen LogP contribution in [0.5, 0.6) is 0 Å². The lowest BCUT2D eigenvalue weighted by atomic mass is 10.3. The molecule has 2 rings (SSSR count). The van der Waals surface area contributed by atoms with E-state index in [1.807, 2.05) is 0 Å². The molecule has 1 aromatic heterocycles. The summed E-state index contributed by atoms with van der Waals surface area (Å²) in [5.41, 5.74) is -1.20. The van der Waals surface area contributed by atoms with E-state index in [9.17, 15) is 22.8 Å². The third-order valence-electron chi connectivity index (χ3n) is 3.26. The van der Waals surface area contributed by atoms with Crippen LogP contribution in [0.15, 0.2) is 32.7 Å². The van der Waals surface area contributed by atoms with Gasteiger partial charge in [0, 0.05) is 21.1 Å². The number of benzene rings is 1.